The lowest BCUT2D eigenvalue weighted by atomic mass is 10.4. The first-order valence-corrected chi connectivity index (χ1v) is 3.76. The molecule has 0 saturated carbocycles. The molecule has 0 fully saturated rings. The van der Waals surface area contributed by atoms with Crippen LogP contribution in [0, 0.1) is 6.33 Å². The molecule has 6 nitrogen and oxygen atoms in total. The average Bonchev–Trinajstić information content (AvgIpc) is 2.53. The minimum atomic E-state index is -0.743. The normalized spacial score (nSPS) is 13.2. The molecule has 0 bridgehead atoms. The van der Waals surface area contributed by atoms with E-state index in [-0.39, 0.29) is 0 Å². The van der Waals surface area contributed by atoms with E-state index in [1.807, 2.05) is 6.92 Å². The molecule has 1 N–H and O–H groups in total. The molecule has 0 aromatic carbocycles. The summed E-state index contributed by atoms with van der Waals surface area (Å²) < 4.78 is 6.32. The van der Waals surface area contributed by atoms with Gasteiger partial charge in [-0.25, -0.2) is 4.68 Å². The summed E-state index contributed by atoms with van der Waals surface area (Å²) in [6, 6.07) is 0. The summed E-state index contributed by atoms with van der Waals surface area (Å²) in [5.74, 6) is 0. The lowest BCUT2D eigenvalue weighted by Crippen LogP contribution is -2.15. The van der Waals surface area contributed by atoms with Gasteiger partial charge in [-0.3, -0.25) is 0 Å². The van der Waals surface area contributed by atoms with Crippen LogP contribution in [0.2, 0.25) is 0 Å². The van der Waals surface area contributed by atoms with Crippen LogP contribution in [0.15, 0.2) is 0 Å². The number of hydrogen-bond acceptors (Lipinski definition) is 5. The van der Waals surface area contributed by atoms with Gasteiger partial charge in [-0.15, -0.1) is 5.10 Å². The fourth-order valence-electron chi connectivity index (χ4n) is 0.763. The maximum absolute atomic E-state index is 9.13. The van der Waals surface area contributed by atoms with E-state index >= 15 is 0 Å². The molecule has 1 aromatic rings. The summed E-state index contributed by atoms with van der Waals surface area (Å²) in [6.07, 6.45) is 2.24. The zero-order chi connectivity index (χ0) is 8.81. The predicted molar refractivity (Wildman–Crippen MR) is 38.9 cm³/mol. The number of aromatic nitrogens is 4. The number of hydrogen-bond donors (Lipinski definition) is 1. The zero-order valence-corrected chi connectivity index (χ0v) is 6.84. The highest BCUT2D eigenvalue weighted by molar-refractivity contribution is 4.46. The smallest absolute Gasteiger partial charge is 0.221 e. The van der Waals surface area contributed by atoms with Crippen molar-refractivity contribution in [3.8, 4) is 0 Å². The van der Waals surface area contributed by atoms with Gasteiger partial charge in [0.05, 0.1) is 6.54 Å². The Balaban J connectivity index is 2.17. The second-order valence-electron chi connectivity index (χ2n) is 2.20. The molecule has 6 heteroatoms. The van der Waals surface area contributed by atoms with Crippen LogP contribution in [0.4, 0.5) is 0 Å². The van der Waals surface area contributed by atoms with E-state index in [0.29, 0.717) is 19.6 Å². The third-order valence-corrected chi connectivity index (χ3v) is 1.30. The molecule has 1 unspecified atom stereocenters. The van der Waals surface area contributed by atoms with Crippen LogP contribution in [0.3, 0.4) is 0 Å². The highest BCUT2D eigenvalue weighted by Crippen LogP contribution is 1.95. The van der Waals surface area contributed by atoms with E-state index in [1.54, 1.807) is 0 Å². The highest BCUT2D eigenvalue weighted by Gasteiger charge is 2.03. The first kappa shape index (κ1) is 9.08. The minimum Gasteiger partial charge on any atom is -0.368 e. The Morgan fingerprint density at radius 1 is 1.67 bits per heavy atom. The summed E-state index contributed by atoms with van der Waals surface area (Å²) in [5, 5.41) is 19.4. The standard InChI is InChI=1S/C6H11N4O2/c1-2-12-6(11)3-4-10-5-7-8-9-10/h6,11H,2-4H2,1H3. The first-order valence-electron chi connectivity index (χ1n) is 3.76. The van der Waals surface area contributed by atoms with Crippen molar-refractivity contribution in [2.45, 2.75) is 26.2 Å². The molecule has 12 heavy (non-hydrogen) atoms. The van der Waals surface area contributed by atoms with Crippen molar-refractivity contribution >= 4 is 0 Å². The summed E-state index contributed by atoms with van der Waals surface area (Å²) in [6.45, 7) is 2.83. The topological polar surface area (TPSA) is 73.1 Å². The van der Waals surface area contributed by atoms with Gasteiger partial charge in [-0.1, -0.05) is 0 Å². The van der Waals surface area contributed by atoms with Crippen LogP contribution in [-0.4, -0.2) is 38.2 Å². The number of tetrazole rings is 1. The molecule has 0 aliphatic carbocycles. The van der Waals surface area contributed by atoms with E-state index in [0.717, 1.165) is 0 Å². The van der Waals surface area contributed by atoms with Crippen LogP contribution < -0.4 is 0 Å². The van der Waals surface area contributed by atoms with E-state index in [2.05, 4.69) is 21.9 Å². The van der Waals surface area contributed by atoms with E-state index in [4.69, 9.17) is 9.84 Å². The molecule has 0 amide bonds. The Morgan fingerprint density at radius 2 is 2.50 bits per heavy atom. The maximum atomic E-state index is 9.13. The van der Waals surface area contributed by atoms with Crippen LogP contribution >= 0.6 is 0 Å². The van der Waals surface area contributed by atoms with E-state index < -0.39 is 6.29 Å². The predicted octanol–water partition coefficient (Wildman–Crippen LogP) is -0.782. The zero-order valence-electron chi connectivity index (χ0n) is 6.84. The Labute approximate surface area is 70.1 Å². The van der Waals surface area contributed by atoms with Gasteiger partial charge < -0.3 is 9.84 Å². The van der Waals surface area contributed by atoms with E-state index in [1.165, 1.54) is 4.68 Å². The molecular weight excluding hydrogens is 160 g/mol. The molecule has 0 saturated heterocycles. The maximum Gasteiger partial charge on any atom is 0.221 e. The van der Waals surface area contributed by atoms with Gasteiger partial charge in [-0.2, -0.15) is 0 Å². The monoisotopic (exact) mass is 171 g/mol. The van der Waals surface area contributed by atoms with Crippen molar-refractivity contribution in [2.75, 3.05) is 6.61 Å². The highest BCUT2D eigenvalue weighted by atomic mass is 16.6. The largest absolute Gasteiger partial charge is 0.368 e. The molecular formula is C6H11N4O2. The summed E-state index contributed by atoms with van der Waals surface area (Å²) in [5.41, 5.74) is 0. The Kier molecular flexibility index (Phi) is 3.62. The van der Waals surface area contributed by atoms with Gasteiger partial charge in [-0.05, 0) is 17.4 Å². The number of aliphatic hydroxyl groups excluding tert-OH is 1. The third kappa shape index (κ3) is 2.93. The second kappa shape index (κ2) is 4.78. The summed E-state index contributed by atoms with van der Waals surface area (Å²) in [4.78, 5) is 0. The molecule has 67 valence electrons. The minimum absolute atomic E-state index is 0.468. The lowest BCUT2D eigenvalue weighted by Gasteiger charge is -2.08. The van der Waals surface area contributed by atoms with Crippen molar-refractivity contribution in [1.29, 1.82) is 0 Å². The number of ether oxygens (including phenoxy) is 1. The summed E-state index contributed by atoms with van der Waals surface area (Å²) >= 11 is 0. The molecule has 0 aliphatic rings. The quantitative estimate of drug-likeness (QED) is 0.588. The molecule has 1 radical (unpaired) electrons. The molecule has 1 rings (SSSR count). The van der Waals surface area contributed by atoms with Gasteiger partial charge >= 0.3 is 0 Å². The van der Waals surface area contributed by atoms with Gasteiger partial charge in [0, 0.05) is 13.0 Å². The third-order valence-electron chi connectivity index (χ3n) is 1.30. The fourth-order valence-corrected chi connectivity index (χ4v) is 0.763. The fraction of sp³-hybridized carbons (Fsp3) is 0.833. The van der Waals surface area contributed by atoms with Crippen molar-refractivity contribution in [3.63, 3.8) is 0 Å². The number of aliphatic hydroxyl groups is 1. The molecule has 1 atom stereocenters. The van der Waals surface area contributed by atoms with Crippen LogP contribution in [0.1, 0.15) is 13.3 Å². The average molecular weight is 171 g/mol. The van der Waals surface area contributed by atoms with Gasteiger partial charge in [0.25, 0.3) is 0 Å². The number of nitrogens with zero attached hydrogens (tertiary/aromatic N) is 4. The number of rotatable bonds is 5. The summed E-state index contributed by atoms with van der Waals surface area (Å²) in [7, 11) is 0. The van der Waals surface area contributed by atoms with Gasteiger partial charge in [0.1, 0.15) is 0 Å². The second-order valence-corrected chi connectivity index (χ2v) is 2.20. The molecule has 1 heterocycles. The number of aryl methyl sites for hydroxylation is 1. The Hall–Kier alpha value is -1.01. The molecule has 0 aliphatic heterocycles. The lowest BCUT2D eigenvalue weighted by molar-refractivity contribution is -0.101. The van der Waals surface area contributed by atoms with Crippen LogP contribution in [-0.2, 0) is 11.3 Å². The van der Waals surface area contributed by atoms with Gasteiger partial charge in [0.15, 0.2) is 6.29 Å². The Morgan fingerprint density at radius 3 is 3.08 bits per heavy atom. The van der Waals surface area contributed by atoms with Crippen molar-refractivity contribution in [2.24, 2.45) is 0 Å². The molecule has 1 aromatic heterocycles. The first-order chi connectivity index (χ1) is 5.83. The van der Waals surface area contributed by atoms with Crippen LogP contribution in [0.25, 0.3) is 0 Å². The van der Waals surface area contributed by atoms with Gasteiger partial charge in [0.2, 0.25) is 6.33 Å². The van der Waals surface area contributed by atoms with Crippen molar-refractivity contribution in [1.82, 2.24) is 20.2 Å². The van der Waals surface area contributed by atoms with Crippen LogP contribution in [0.5, 0.6) is 0 Å². The van der Waals surface area contributed by atoms with E-state index in [9.17, 15) is 0 Å². The molecule has 0 spiro atoms. The van der Waals surface area contributed by atoms with Crippen molar-refractivity contribution in [3.05, 3.63) is 6.33 Å². The SMILES string of the molecule is CCOC(O)CCn1[c]nnn1. The van der Waals surface area contributed by atoms with Crippen molar-refractivity contribution < 1.29 is 9.84 Å². The Bertz CT molecular complexity index is 201.